The molecule has 0 amide bonds. The number of hydrogen-bond acceptors (Lipinski definition) is 3. The number of rotatable bonds is 6. The lowest BCUT2D eigenvalue weighted by molar-refractivity contribution is -0.385. The fraction of sp³-hybridized carbons (Fsp3) is 0.571. The summed E-state index contributed by atoms with van der Waals surface area (Å²) in [5, 5.41) is 10.9. The lowest BCUT2D eigenvalue weighted by Crippen LogP contribution is -2.28. The molecule has 0 N–H and O–H groups in total. The van der Waals surface area contributed by atoms with Crippen molar-refractivity contribution >= 4 is 34.0 Å². The van der Waals surface area contributed by atoms with Gasteiger partial charge in [0.1, 0.15) is 0 Å². The first kappa shape index (κ1) is 13.1. The maximum Gasteiger partial charge on any atom is 0.282 e. The summed E-state index contributed by atoms with van der Waals surface area (Å²) in [6.45, 7) is 2.23. The number of benzene rings is 1. The Labute approximate surface area is 126 Å². The normalized spacial score (nSPS) is 18.4. The average Bonchev–Trinajstić information content (AvgIpc) is 3.22. The molecule has 0 heterocycles. The second-order valence-corrected chi connectivity index (χ2v) is 6.85. The lowest BCUT2D eigenvalue weighted by Gasteiger charge is -2.25. The highest BCUT2D eigenvalue weighted by Gasteiger charge is 2.29. The van der Waals surface area contributed by atoms with Crippen LogP contribution >= 0.6 is 22.6 Å². The van der Waals surface area contributed by atoms with Gasteiger partial charge in [-0.3, -0.25) is 10.1 Å². The number of nitro benzene ring substituents is 1. The minimum Gasteiger partial charge on any atom is -0.371 e. The molecule has 0 aliphatic heterocycles. The van der Waals surface area contributed by atoms with Gasteiger partial charge in [-0.15, -0.1) is 0 Å². The maximum absolute atomic E-state index is 10.9. The SMILES string of the molecule is O=[N+]([O-])c1ccc(N(CC2CC2)CC2CC2)cc1I. The Morgan fingerprint density at radius 1 is 1.21 bits per heavy atom. The van der Waals surface area contributed by atoms with Crippen molar-refractivity contribution in [3.8, 4) is 0 Å². The van der Waals surface area contributed by atoms with Crippen LogP contribution in [0.1, 0.15) is 25.7 Å². The summed E-state index contributed by atoms with van der Waals surface area (Å²) in [5.74, 6) is 1.68. The van der Waals surface area contributed by atoms with Crippen LogP contribution in [0.2, 0.25) is 0 Å². The Morgan fingerprint density at radius 3 is 2.21 bits per heavy atom. The molecule has 2 aliphatic carbocycles. The summed E-state index contributed by atoms with van der Waals surface area (Å²) in [6.07, 6.45) is 5.35. The van der Waals surface area contributed by atoms with Gasteiger partial charge in [-0.2, -0.15) is 0 Å². The molecule has 0 unspecified atom stereocenters. The van der Waals surface area contributed by atoms with Crippen molar-refractivity contribution in [2.24, 2.45) is 11.8 Å². The minimum absolute atomic E-state index is 0.210. The smallest absolute Gasteiger partial charge is 0.282 e. The Kier molecular flexibility index (Phi) is 3.64. The molecule has 102 valence electrons. The predicted octanol–water partition coefficient (Wildman–Crippen LogP) is 3.83. The molecule has 1 aromatic rings. The van der Waals surface area contributed by atoms with Gasteiger partial charge in [0.25, 0.3) is 5.69 Å². The molecule has 2 aliphatic rings. The fourth-order valence-electron chi connectivity index (χ4n) is 2.35. The van der Waals surface area contributed by atoms with Gasteiger partial charge in [0.15, 0.2) is 0 Å². The largest absolute Gasteiger partial charge is 0.371 e. The summed E-state index contributed by atoms with van der Waals surface area (Å²) >= 11 is 2.06. The van der Waals surface area contributed by atoms with E-state index in [4.69, 9.17) is 0 Å². The molecule has 1 aromatic carbocycles. The van der Waals surface area contributed by atoms with Crippen LogP contribution in [-0.2, 0) is 0 Å². The van der Waals surface area contributed by atoms with E-state index >= 15 is 0 Å². The Balaban J connectivity index is 1.79. The Hall–Kier alpha value is -0.850. The van der Waals surface area contributed by atoms with E-state index in [0.29, 0.717) is 0 Å². The first-order chi connectivity index (χ1) is 9.13. The summed E-state index contributed by atoms with van der Waals surface area (Å²) in [6, 6.07) is 5.51. The Morgan fingerprint density at radius 2 is 1.79 bits per heavy atom. The summed E-state index contributed by atoms with van der Waals surface area (Å²) in [4.78, 5) is 13.0. The molecule has 0 atom stereocenters. The van der Waals surface area contributed by atoms with Gasteiger partial charge >= 0.3 is 0 Å². The van der Waals surface area contributed by atoms with E-state index in [9.17, 15) is 10.1 Å². The maximum atomic E-state index is 10.9. The van der Waals surface area contributed by atoms with Crippen LogP contribution in [0.5, 0.6) is 0 Å². The highest BCUT2D eigenvalue weighted by atomic mass is 127. The topological polar surface area (TPSA) is 46.4 Å². The van der Waals surface area contributed by atoms with Crippen molar-refractivity contribution in [2.45, 2.75) is 25.7 Å². The molecule has 2 saturated carbocycles. The van der Waals surface area contributed by atoms with Crippen LogP contribution in [-0.4, -0.2) is 18.0 Å². The van der Waals surface area contributed by atoms with Crippen LogP contribution in [0.25, 0.3) is 0 Å². The first-order valence-corrected chi connectivity index (χ1v) is 7.90. The number of hydrogen-bond donors (Lipinski definition) is 0. The van der Waals surface area contributed by atoms with Crippen LogP contribution < -0.4 is 4.90 Å². The van der Waals surface area contributed by atoms with Crippen molar-refractivity contribution in [1.82, 2.24) is 0 Å². The van der Waals surface area contributed by atoms with Crippen molar-refractivity contribution in [3.05, 3.63) is 31.9 Å². The van der Waals surface area contributed by atoms with Gasteiger partial charge in [0, 0.05) is 24.8 Å². The van der Waals surface area contributed by atoms with Gasteiger partial charge in [0.05, 0.1) is 8.49 Å². The van der Waals surface area contributed by atoms with Gasteiger partial charge < -0.3 is 4.90 Å². The van der Waals surface area contributed by atoms with E-state index in [2.05, 4.69) is 27.5 Å². The van der Waals surface area contributed by atoms with E-state index in [-0.39, 0.29) is 10.6 Å². The number of nitro groups is 1. The first-order valence-electron chi connectivity index (χ1n) is 6.82. The van der Waals surface area contributed by atoms with E-state index in [1.54, 1.807) is 6.07 Å². The second-order valence-electron chi connectivity index (χ2n) is 5.68. The van der Waals surface area contributed by atoms with Crippen molar-refractivity contribution in [1.29, 1.82) is 0 Å². The summed E-state index contributed by atoms with van der Waals surface area (Å²) in [5.41, 5.74) is 1.36. The van der Waals surface area contributed by atoms with Crippen LogP contribution in [0.3, 0.4) is 0 Å². The van der Waals surface area contributed by atoms with Crippen LogP contribution in [0.4, 0.5) is 11.4 Å². The number of anilines is 1. The molecular weight excluding hydrogens is 355 g/mol. The highest BCUT2D eigenvalue weighted by Crippen LogP contribution is 2.36. The van der Waals surface area contributed by atoms with Gasteiger partial charge in [-0.25, -0.2) is 0 Å². The number of halogens is 1. The van der Waals surface area contributed by atoms with Crippen molar-refractivity contribution in [2.75, 3.05) is 18.0 Å². The van der Waals surface area contributed by atoms with Gasteiger partial charge in [-0.1, -0.05) is 0 Å². The highest BCUT2D eigenvalue weighted by molar-refractivity contribution is 14.1. The van der Waals surface area contributed by atoms with Crippen LogP contribution in [0.15, 0.2) is 18.2 Å². The van der Waals surface area contributed by atoms with Gasteiger partial charge in [0.2, 0.25) is 0 Å². The molecule has 4 nitrogen and oxygen atoms in total. The standard InChI is InChI=1S/C14H17IN2O2/c15-13-7-12(5-6-14(13)17(18)19)16(8-10-1-2-10)9-11-3-4-11/h5-7,10-11H,1-4,8-9H2. The minimum atomic E-state index is -0.308. The molecule has 5 heteroatoms. The van der Waals surface area contributed by atoms with E-state index in [0.717, 1.165) is 34.2 Å². The average molecular weight is 372 g/mol. The molecule has 2 fully saturated rings. The predicted molar refractivity (Wildman–Crippen MR) is 83.5 cm³/mol. The van der Waals surface area contributed by atoms with E-state index in [1.807, 2.05) is 12.1 Å². The molecule has 3 rings (SSSR count). The summed E-state index contributed by atoms with van der Waals surface area (Å²) < 4.78 is 0.733. The third kappa shape index (κ3) is 3.38. The third-order valence-electron chi connectivity index (χ3n) is 3.84. The quantitative estimate of drug-likeness (QED) is 0.433. The number of nitrogens with zero attached hydrogens (tertiary/aromatic N) is 2. The van der Waals surface area contributed by atoms with E-state index in [1.165, 1.54) is 25.7 Å². The van der Waals surface area contributed by atoms with Gasteiger partial charge in [-0.05, 0) is 72.2 Å². The second kappa shape index (κ2) is 5.26. The molecule has 0 saturated heterocycles. The monoisotopic (exact) mass is 372 g/mol. The fourth-order valence-corrected chi connectivity index (χ4v) is 3.05. The molecular formula is C14H17IN2O2. The molecule has 0 aromatic heterocycles. The molecule has 0 spiro atoms. The van der Waals surface area contributed by atoms with Crippen LogP contribution in [0, 0.1) is 25.5 Å². The van der Waals surface area contributed by atoms with Crippen molar-refractivity contribution in [3.63, 3.8) is 0 Å². The zero-order valence-corrected chi connectivity index (χ0v) is 12.9. The third-order valence-corrected chi connectivity index (χ3v) is 4.71. The molecule has 0 bridgehead atoms. The van der Waals surface area contributed by atoms with Crippen molar-refractivity contribution < 1.29 is 4.92 Å². The molecule has 19 heavy (non-hydrogen) atoms. The zero-order chi connectivity index (χ0) is 13.4. The molecule has 0 radical (unpaired) electrons. The van der Waals surface area contributed by atoms with E-state index < -0.39 is 0 Å². The zero-order valence-electron chi connectivity index (χ0n) is 10.7. The summed E-state index contributed by atoms with van der Waals surface area (Å²) in [7, 11) is 0. The lowest BCUT2D eigenvalue weighted by atomic mass is 10.2. The Bertz CT molecular complexity index is 484.